The van der Waals surface area contributed by atoms with Gasteiger partial charge >= 0.3 is 0 Å². The largest absolute Gasteiger partial charge is 0.309 e. The zero-order valence-electron chi connectivity index (χ0n) is 14.3. The average molecular weight is 428 g/mol. The quantitative estimate of drug-likeness (QED) is 0.251. The monoisotopic (exact) mass is 427 g/mol. The van der Waals surface area contributed by atoms with Crippen LogP contribution < -0.4 is 0 Å². The Kier molecular flexibility index (Phi) is 3.25. The van der Waals surface area contributed by atoms with Gasteiger partial charge in [-0.15, -0.1) is 11.3 Å². The second kappa shape index (κ2) is 5.69. The molecule has 0 fully saturated rings. The van der Waals surface area contributed by atoms with Crippen LogP contribution in [-0.4, -0.2) is 4.57 Å². The van der Waals surface area contributed by atoms with Gasteiger partial charge in [-0.3, -0.25) is 0 Å². The zero-order chi connectivity index (χ0) is 18.0. The number of hydrogen-bond donors (Lipinski definition) is 0. The number of nitrogens with zero attached hydrogens (tertiary/aromatic N) is 1. The normalized spacial score (nSPS) is 11.9. The number of hydrogen-bond acceptors (Lipinski definition) is 1. The first-order valence-corrected chi connectivity index (χ1v) is 10.5. The molecule has 0 spiro atoms. The summed E-state index contributed by atoms with van der Waals surface area (Å²) >= 11 is 5.65. The Balaban J connectivity index is 1.88. The van der Waals surface area contributed by atoms with Gasteiger partial charge < -0.3 is 4.57 Å². The van der Waals surface area contributed by atoms with Crippen molar-refractivity contribution in [2.75, 3.05) is 0 Å². The molecule has 27 heavy (non-hydrogen) atoms. The van der Waals surface area contributed by atoms with Crippen molar-refractivity contribution in [3.05, 3.63) is 89.4 Å². The third-order valence-corrected chi connectivity index (χ3v) is 7.05. The molecule has 3 heteroatoms. The molecule has 0 amide bonds. The topological polar surface area (TPSA) is 4.93 Å². The van der Waals surface area contributed by atoms with Gasteiger partial charge in [-0.1, -0.05) is 64.5 Å². The van der Waals surface area contributed by atoms with E-state index in [-0.39, 0.29) is 0 Å². The third kappa shape index (κ3) is 2.10. The van der Waals surface area contributed by atoms with Crippen LogP contribution in [0.25, 0.3) is 47.7 Å². The fourth-order valence-corrected chi connectivity index (χ4v) is 6.02. The van der Waals surface area contributed by atoms with E-state index in [2.05, 4.69) is 105 Å². The van der Waals surface area contributed by atoms with Crippen molar-refractivity contribution in [2.45, 2.75) is 0 Å². The van der Waals surface area contributed by atoms with E-state index in [1.165, 1.54) is 47.7 Å². The van der Waals surface area contributed by atoms with Crippen LogP contribution in [-0.2, 0) is 0 Å². The van der Waals surface area contributed by atoms with Crippen LogP contribution in [0.15, 0.2) is 89.4 Å². The fraction of sp³-hybridized carbons (Fsp3) is 0. The standard InChI is InChI=1S/C24H14BrNS/c25-17-9-5-13-21-23(17)24-20(12-6-14-22(24)27-21)26-18-10-3-1-7-15(18)16-8-2-4-11-19(16)26/h1-14H. The lowest BCUT2D eigenvalue weighted by atomic mass is 10.1. The molecule has 0 N–H and O–H groups in total. The lowest BCUT2D eigenvalue weighted by Crippen LogP contribution is -1.94. The summed E-state index contributed by atoms with van der Waals surface area (Å²) in [6.45, 7) is 0. The molecular formula is C24H14BrNS. The zero-order valence-corrected chi connectivity index (χ0v) is 16.7. The summed E-state index contributed by atoms with van der Waals surface area (Å²) in [5.74, 6) is 0. The van der Waals surface area contributed by atoms with E-state index in [4.69, 9.17) is 0 Å². The number of benzene rings is 4. The predicted octanol–water partition coefficient (Wildman–Crippen LogP) is 7.91. The van der Waals surface area contributed by atoms with Gasteiger partial charge in [0.25, 0.3) is 0 Å². The Morgan fingerprint density at radius 3 is 1.89 bits per heavy atom. The number of fused-ring (bicyclic) bond motifs is 6. The molecule has 0 saturated heterocycles. The molecular weight excluding hydrogens is 414 g/mol. The molecule has 0 unspecified atom stereocenters. The number of thiophene rings is 1. The smallest absolute Gasteiger partial charge is 0.0555 e. The molecule has 4 aromatic carbocycles. The Hall–Kier alpha value is -2.62. The maximum absolute atomic E-state index is 3.79. The molecule has 2 heterocycles. The summed E-state index contributed by atoms with van der Waals surface area (Å²) in [4.78, 5) is 0. The molecule has 0 atom stereocenters. The number of aromatic nitrogens is 1. The van der Waals surface area contributed by atoms with Crippen LogP contribution in [0.3, 0.4) is 0 Å². The lowest BCUT2D eigenvalue weighted by Gasteiger charge is -2.10. The minimum absolute atomic E-state index is 1.15. The average Bonchev–Trinajstić information content (AvgIpc) is 3.24. The fourth-order valence-electron chi connectivity index (χ4n) is 4.17. The Morgan fingerprint density at radius 2 is 1.19 bits per heavy atom. The minimum atomic E-state index is 1.15. The van der Waals surface area contributed by atoms with Gasteiger partial charge in [-0.2, -0.15) is 0 Å². The second-order valence-electron chi connectivity index (χ2n) is 6.74. The van der Waals surface area contributed by atoms with Crippen LogP contribution in [0.1, 0.15) is 0 Å². The molecule has 2 aromatic heterocycles. The van der Waals surface area contributed by atoms with Crippen LogP contribution in [0.2, 0.25) is 0 Å². The first kappa shape index (κ1) is 15.4. The van der Waals surface area contributed by atoms with Gasteiger partial charge in [0.1, 0.15) is 0 Å². The summed E-state index contributed by atoms with van der Waals surface area (Å²) in [6, 6.07) is 30.5. The number of para-hydroxylation sites is 2. The van der Waals surface area contributed by atoms with E-state index in [0.717, 1.165) is 4.47 Å². The van der Waals surface area contributed by atoms with Crippen molar-refractivity contribution in [3.8, 4) is 5.69 Å². The summed E-state index contributed by atoms with van der Waals surface area (Å²) in [5, 5.41) is 5.21. The summed E-state index contributed by atoms with van der Waals surface area (Å²) in [7, 11) is 0. The highest BCUT2D eigenvalue weighted by Crippen LogP contribution is 2.43. The minimum Gasteiger partial charge on any atom is -0.309 e. The SMILES string of the molecule is Brc1cccc2sc3cccc(-n4c5ccccc5c5ccccc54)c3c12. The molecule has 0 aliphatic carbocycles. The summed E-state index contributed by atoms with van der Waals surface area (Å²) in [6.07, 6.45) is 0. The van der Waals surface area contributed by atoms with E-state index < -0.39 is 0 Å². The van der Waals surface area contributed by atoms with Gasteiger partial charge in [-0.25, -0.2) is 0 Å². The van der Waals surface area contributed by atoms with Crippen LogP contribution in [0.5, 0.6) is 0 Å². The van der Waals surface area contributed by atoms with Gasteiger partial charge in [0.15, 0.2) is 0 Å². The van der Waals surface area contributed by atoms with E-state index in [9.17, 15) is 0 Å². The molecule has 0 saturated carbocycles. The molecule has 0 bridgehead atoms. The Morgan fingerprint density at radius 1 is 0.593 bits per heavy atom. The third-order valence-electron chi connectivity index (χ3n) is 5.27. The van der Waals surface area contributed by atoms with Crippen molar-refractivity contribution < 1.29 is 0 Å². The van der Waals surface area contributed by atoms with Crippen molar-refractivity contribution >= 4 is 69.2 Å². The Labute approximate surface area is 168 Å². The van der Waals surface area contributed by atoms with Crippen molar-refractivity contribution in [3.63, 3.8) is 0 Å². The first-order valence-electron chi connectivity index (χ1n) is 8.91. The van der Waals surface area contributed by atoms with E-state index >= 15 is 0 Å². The van der Waals surface area contributed by atoms with Crippen molar-refractivity contribution in [1.82, 2.24) is 4.57 Å². The highest BCUT2D eigenvalue weighted by molar-refractivity contribution is 9.10. The van der Waals surface area contributed by atoms with E-state index in [0.29, 0.717) is 0 Å². The van der Waals surface area contributed by atoms with Gasteiger partial charge in [0, 0.05) is 35.4 Å². The van der Waals surface area contributed by atoms with Gasteiger partial charge in [-0.05, 0) is 36.4 Å². The molecule has 0 aliphatic rings. The van der Waals surface area contributed by atoms with Crippen LogP contribution >= 0.6 is 27.3 Å². The van der Waals surface area contributed by atoms with Crippen LogP contribution in [0, 0.1) is 0 Å². The van der Waals surface area contributed by atoms with Gasteiger partial charge in [0.2, 0.25) is 0 Å². The van der Waals surface area contributed by atoms with Gasteiger partial charge in [0.05, 0.1) is 16.7 Å². The Bertz CT molecular complexity index is 1440. The maximum Gasteiger partial charge on any atom is 0.0555 e. The summed E-state index contributed by atoms with van der Waals surface area (Å²) < 4.78 is 6.20. The molecule has 128 valence electrons. The molecule has 6 aromatic rings. The molecule has 0 aliphatic heterocycles. The van der Waals surface area contributed by atoms with Crippen molar-refractivity contribution in [1.29, 1.82) is 0 Å². The number of rotatable bonds is 1. The molecule has 0 radical (unpaired) electrons. The van der Waals surface area contributed by atoms with Crippen molar-refractivity contribution in [2.24, 2.45) is 0 Å². The second-order valence-corrected chi connectivity index (χ2v) is 8.67. The maximum atomic E-state index is 3.79. The lowest BCUT2D eigenvalue weighted by molar-refractivity contribution is 1.20. The van der Waals surface area contributed by atoms with Crippen LogP contribution in [0.4, 0.5) is 0 Å². The predicted molar refractivity (Wildman–Crippen MR) is 121 cm³/mol. The highest BCUT2D eigenvalue weighted by atomic mass is 79.9. The highest BCUT2D eigenvalue weighted by Gasteiger charge is 2.17. The molecule has 6 rings (SSSR count). The van der Waals surface area contributed by atoms with E-state index in [1.54, 1.807) is 0 Å². The number of halogens is 1. The van der Waals surface area contributed by atoms with E-state index in [1.807, 2.05) is 11.3 Å². The first-order chi connectivity index (χ1) is 13.3. The summed E-state index contributed by atoms with van der Waals surface area (Å²) in [5.41, 5.74) is 3.73. The molecule has 1 nitrogen and oxygen atoms in total.